The Labute approximate surface area is 116 Å². The van der Waals surface area contributed by atoms with Gasteiger partial charge in [0.2, 0.25) is 0 Å². The number of hydrogen-bond acceptors (Lipinski definition) is 3. The van der Waals surface area contributed by atoms with Crippen LogP contribution in [-0.4, -0.2) is 31.5 Å². The van der Waals surface area contributed by atoms with Crippen LogP contribution in [0.4, 0.5) is 10.1 Å². The molecule has 1 aromatic rings. The highest BCUT2D eigenvalue weighted by molar-refractivity contribution is 5.91. The average molecular weight is 280 g/mol. The highest BCUT2D eigenvalue weighted by Gasteiger charge is 2.24. The first-order valence-corrected chi connectivity index (χ1v) is 6.64. The van der Waals surface area contributed by atoms with Crippen LogP contribution in [0, 0.1) is 11.7 Å². The van der Waals surface area contributed by atoms with Crippen LogP contribution in [0.5, 0.6) is 0 Å². The lowest BCUT2D eigenvalue weighted by atomic mass is 9.97. The van der Waals surface area contributed by atoms with E-state index in [4.69, 9.17) is 0 Å². The molecule has 20 heavy (non-hydrogen) atoms. The highest BCUT2D eigenvalue weighted by Crippen LogP contribution is 2.09. The Balaban J connectivity index is 1.78. The Bertz CT molecular complexity index is 482. The molecule has 2 N–H and O–H groups in total. The monoisotopic (exact) mass is 280 g/mol. The van der Waals surface area contributed by atoms with Crippen LogP contribution >= 0.6 is 0 Å². The van der Waals surface area contributed by atoms with E-state index >= 15 is 0 Å². The summed E-state index contributed by atoms with van der Waals surface area (Å²) < 4.78 is 12.7. The number of carbonyl (C=O) groups excluding carboxylic acids is 2. The molecule has 1 amide bonds. The minimum Gasteiger partial charge on any atom is -0.550 e. The zero-order valence-electron chi connectivity index (χ0n) is 11.0. The lowest BCUT2D eigenvalue weighted by Gasteiger charge is -2.29. The molecule has 6 heteroatoms. The van der Waals surface area contributed by atoms with Crippen LogP contribution in [0.2, 0.25) is 0 Å². The van der Waals surface area contributed by atoms with Gasteiger partial charge < -0.3 is 20.1 Å². The normalized spacial score (nSPS) is 22.2. The first-order chi connectivity index (χ1) is 9.54. The molecule has 1 aromatic carbocycles. The topological polar surface area (TPSA) is 73.7 Å². The number of rotatable bonds is 4. The van der Waals surface area contributed by atoms with Gasteiger partial charge in [-0.3, -0.25) is 4.79 Å². The fourth-order valence-corrected chi connectivity index (χ4v) is 2.40. The molecule has 1 heterocycles. The molecule has 1 aliphatic rings. The zero-order valence-corrected chi connectivity index (χ0v) is 11.0. The molecule has 0 spiro atoms. The molecule has 0 saturated carbocycles. The first kappa shape index (κ1) is 14.5. The summed E-state index contributed by atoms with van der Waals surface area (Å²) in [7, 11) is 0. The second kappa shape index (κ2) is 6.47. The van der Waals surface area contributed by atoms with Crippen molar-refractivity contribution in [3.05, 3.63) is 30.1 Å². The van der Waals surface area contributed by atoms with Gasteiger partial charge in [-0.25, -0.2) is 4.39 Å². The van der Waals surface area contributed by atoms with Crippen molar-refractivity contribution in [2.24, 2.45) is 5.92 Å². The van der Waals surface area contributed by atoms with E-state index in [0.29, 0.717) is 31.6 Å². The van der Waals surface area contributed by atoms with Crippen LogP contribution in [0.25, 0.3) is 0 Å². The molecule has 0 bridgehead atoms. The van der Waals surface area contributed by atoms with Crippen molar-refractivity contribution in [3.8, 4) is 0 Å². The molecule has 0 unspecified atom stereocenters. The number of quaternary nitrogens is 1. The van der Waals surface area contributed by atoms with Gasteiger partial charge in [-0.15, -0.1) is 0 Å². The van der Waals surface area contributed by atoms with Crippen molar-refractivity contribution in [1.29, 1.82) is 0 Å². The molecular formula is C14H17FN2O3. The molecule has 1 fully saturated rings. The van der Waals surface area contributed by atoms with Crippen LogP contribution in [0.1, 0.15) is 12.8 Å². The number of hydrogen-bond donors (Lipinski definition) is 2. The van der Waals surface area contributed by atoms with Crippen LogP contribution in [0.15, 0.2) is 24.3 Å². The molecular weight excluding hydrogens is 263 g/mol. The molecule has 1 saturated heterocycles. The molecule has 2 rings (SSSR count). The Kier molecular flexibility index (Phi) is 4.68. The van der Waals surface area contributed by atoms with E-state index in [1.165, 1.54) is 24.3 Å². The lowest BCUT2D eigenvalue weighted by Crippen LogP contribution is -3.14. The van der Waals surface area contributed by atoms with Crippen molar-refractivity contribution in [2.45, 2.75) is 12.8 Å². The molecule has 0 aliphatic carbocycles. The Hall–Kier alpha value is -1.95. The maximum absolute atomic E-state index is 12.7. The zero-order chi connectivity index (χ0) is 14.5. The minimum absolute atomic E-state index is 0.154. The first-order valence-electron chi connectivity index (χ1n) is 6.64. The number of carboxylic acids is 1. The van der Waals surface area contributed by atoms with E-state index in [0.717, 1.165) is 4.90 Å². The maximum Gasteiger partial charge on any atom is 0.279 e. The van der Waals surface area contributed by atoms with Crippen molar-refractivity contribution in [1.82, 2.24) is 0 Å². The molecule has 0 aromatic heterocycles. The number of halogens is 1. The number of nitrogens with one attached hydrogen (secondary N) is 2. The fraction of sp³-hybridized carbons (Fsp3) is 0.429. The van der Waals surface area contributed by atoms with Gasteiger partial charge in [-0.1, -0.05) is 0 Å². The van der Waals surface area contributed by atoms with E-state index in [9.17, 15) is 19.1 Å². The third-order valence-corrected chi connectivity index (χ3v) is 3.56. The molecule has 0 atom stereocenters. The second-order valence-electron chi connectivity index (χ2n) is 5.08. The van der Waals surface area contributed by atoms with Crippen molar-refractivity contribution in [2.75, 3.05) is 25.0 Å². The van der Waals surface area contributed by atoms with Gasteiger partial charge in [0.1, 0.15) is 5.82 Å². The predicted octanol–water partition coefficient (Wildman–Crippen LogP) is -1.19. The summed E-state index contributed by atoms with van der Waals surface area (Å²) in [5.41, 5.74) is 0.556. The minimum atomic E-state index is -1.00. The quantitative estimate of drug-likeness (QED) is 0.728. The van der Waals surface area contributed by atoms with Crippen molar-refractivity contribution >= 4 is 17.6 Å². The summed E-state index contributed by atoms with van der Waals surface area (Å²) in [5.74, 6) is -1.89. The van der Waals surface area contributed by atoms with Gasteiger partial charge in [0, 0.05) is 30.4 Å². The van der Waals surface area contributed by atoms with Gasteiger partial charge in [0.05, 0.1) is 13.1 Å². The number of likely N-dealkylation sites (tertiary alicyclic amines) is 1. The second-order valence-corrected chi connectivity index (χ2v) is 5.08. The third-order valence-electron chi connectivity index (χ3n) is 3.56. The van der Waals surface area contributed by atoms with Crippen molar-refractivity contribution in [3.63, 3.8) is 0 Å². The summed E-state index contributed by atoms with van der Waals surface area (Å²) in [6, 6.07) is 5.58. The number of amides is 1. The van der Waals surface area contributed by atoms with Crippen LogP contribution in [-0.2, 0) is 9.59 Å². The number of anilines is 1. The molecule has 0 radical (unpaired) electrons. The summed E-state index contributed by atoms with van der Waals surface area (Å²) in [6.07, 6.45) is 1.09. The van der Waals surface area contributed by atoms with Gasteiger partial charge in [0.15, 0.2) is 6.54 Å². The molecule has 1 aliphatic heterocycles. The number of benzene rings is 1. The van der Waals surface area contributed by atoms with E-state index < -0.39 is 5.97 Å². The van der Waals surface area contributed by atoms with Crippen LogP contribution < -0.4 is 15.3 Å². The Morgan fingerprint density at radius 2 is 1.85 bits per heavy atom. The standard InChI is InChI=1S/C14H17FN2O3/c15-11-1-3-12(4-2-11)16-13(18)9-17-7-5-10(6-8-17)14(19)20/h1-4,10H,5-9H2,(H,16,18)(H,19,20). The molecule has 108 valence electrons. The number of carbonyl (C=O) groups is 2. The van der Waals surface area contributed by atoms with Gasteiger partial charge in [-0.05, 0) is 24.3 Å². The van der Waals surface area contributed by atoms with Gasteiger partial charge in [0.25, 0.3) is 5.91 Å². The van der Waals surface area contributed by atoms with Crippen LogP contribution in [0.3, 0.4) is 0 Å². The third kappa shape index (κ3) is 4.03. The van der Waals surface area contributed by atoms with E-state index in [2.05, 4.69) is 5.32 Å². The van der Waals surface area contributed by atoms with E-state index in [-0.39, 0.29) is 24.2 Å². The van der Waals surface area contributed by atoms with Crippen molar-refractivity contribution < 1.29 is 24.0 Å². The summed E-state index contributed by atoms with van der Waals surface area (Å²) in [6.45, 7) is 1.59. The summed E-state index contributed by atoms with van der Waals surface area (Å²) in [4.78, 5) is 23.6. The number of piperidine rings is 1. The Morgan fingerprint density at radius 3 is 2.40 bits per heavy atom. The van der Waals surface area contributed by atoms with E-state index in [1.807, 2.05) is 0 Å². The van der Waals surface area contributed by atoms with Gasteiger partial charge in [-0.2, -0.15) is 0 Å². The number of aliphatic carboxylic acids is 1. The lowest BCUT2D eigenvalue weighted by molar-refractivity contribution is -0.897. The highest BCUT2D eigenvalue weighted by atomic mass is 19.1. The predicted molar refractivity (Wildman–Crippen MR) is 68.3 cm³/mol. The average Bonchev–Trinajstić information content (AvgIpc) is 2.42. The summed E-state index contributed by atoms with van der Waals surface area (Å²) >= 11 is 0. The number of carboxylic acid groups (broad SMARTS) is 1. The fourth-order valence-electron chi connectivity index (χ4n) is 2.40. The SMILES string of the molecule is O=C(C[NH+]1CCC(C(=O)[O-])CC1)Nc1ccc(F)cc1. The molecule has 5 nitrogen and oxygen atoms in total. The Morgan fingerprint density at radius 1 is 1.25 bits per heavy atom. The maximum atomic E-state index is 12.7. The van der Waals surface area contributed by atoms with Gasteiger partial charge >= 0.3 is 0 Å². The summed E-state index contributed by atoms with van der Waals surface area (Å²) in [5, 5.41) is 13.4. The van der Waals surface area contributed by atoms with E-state index in [1.54, 1.807) is 0 Å². The largest absolute Gasteiger partial charge is 0.550 e. The smallest absolute Gasteiger partial charge is 0.279 e.